The summed E-state index contributed by atoms with van der Waals surface area (Å²) in [6, 6.07) is 4.16. The highest BCUT2D eigenvalue weighted by molar-refractivity contribution is 7.09. The van der Waals surface area contributed by atoms with Gasteiger partial charge in [0, 0.05) is 11.4 Å². The van der Waals surface area contributed by atoms with E-state index in [9.17, 15) is 0 Å². The molecule has 16 heavy (non-hydrogen) atoms. The molecule has 1 aromatic heterocycles. The Morgan fingerprint density at radius 2 is 2.56 bits per heavy atom. The van der Waals surface area contributed by atoms with Gasteiger partial charge in [-0.15, -0.1) is 26.8 Å². The van der Waals surface area contributed by atoms with E-state index in [4.69, 9.17) is 4.74 Å². The van der Waals surface area contributed by atoms with E-state index < -0.39 is 0 Å². The third-order valence-electron chi connectivity index (χ3n) is 1.96. The van der Waals surface area contributed by atoms with Gasteiger partial charge in [0.2, 0.25) is 0 Å². The van der Waals surface area contributed by atoms with Crippen molar-refractivity contribution in [3.63, 3.8) is 0 Å². The number of nitrogens with one attached hydrogen (secondary N) is 2. The third-order valence-corrected chi connectivity index (χ3v) is 2.90. The molecule has 2 heterocycles. The number of nitrogens with zero attached hydrogens (tertiary/aromatic N) is 3. The Morgan fingerprint density at radius 1 is 1.62 bits per heavy atom. The van der Waals surface area contributed by atoms with Gasteiger partial charge in [0.05, 0.1) is 7.11 Å². The van der Waals surface area contributed by atoms with Gasteiger partial charge in [-0.1, -0.05) is 6.07 Å². The van der Waals surface area contributed by atoms with Gasteiger partial charge >= 0.3 is 0 Å². The number of hydrazine groups is 2. The van der Waals surface area contributed by atoms with Crippen LogP contribution in [0.25, 0.3) is 0 Å². The number of rotatable bonds is 4. The molecule has 0 amide bonds. The van der Waals surface area contributed by atoms with E-state index in [1.807, 2.05) is 6.07 Å². The van der Waals surface area contributed by atoms with Gasteiger partial charge < -0.3 is 4.74 Å². The summed E-state index contributed by atoms with van der Waals surface area (Å²) in [5.41, 5.74) is 5.76. The molecule has 86 valence electrons. The first-order chi connectivity index (χ1) is 7.88. The molecular formula is C9H13N5OS. The van der Waals surface area contributed by atoms with Crippen LogP contribution in [-0.2, 0) is 11.2 Å². The lowest BCUT2D eigenvalue weighted by atomic mass is 10.3. The normalized spacial score (nSPS) is 14.6. The summed E-state index contributed by atoms with van der Waals surface area (Å²) in [7, 11) is 1.55. The summed E-state index contributed by atoms with van der Waals surface area (Å²) in [5, 5.41) is 11.5. The maximum atomic E-state index is 4.89. The number of hydrogen-bond donors (Lipinski definition) is 2. The molecule has 2 rings (SSSR count). The predicted octanol–water partition coefficient (Wildman–Crippen LogP) is 0.561. The lowest BCUT2D eigenvalue weighted by Crippen LogP contribution is -2.45. The summed E-state index contributed by atoms with van der Waals surface area (Å²) in [6.07, 6.45) is 2.50. The van der Waals surface area contributed by atoms with Crippen molar-refractivity contribution in [2.45, 2.75) is 6.42 Å². The Bertz CT molecular complexity index is 375. The Hall–Kier alpha value is -1.60. The molecule has 6 nitrogen and oxygen atoms in total. The smallest absolute Gasteiger partial charge is 0.253 e. The zero-order valence-corrected chi connectivity index (χ0v) is 9.70. The second kappa shape index (κ2) is 5.47. The molecule has 0 saturated heterocycles. The molecule has 0 fully saturated rings. The number of ether oxygens (including phenoxy) is 1. The van der Waals surface area contributed by atoms with Crippen LogP contribution in [0.1, 0.15) is 4.88 Å². The first-order valence-corrected chi connectivity index (χ1v) is 5.74. The second-order valence-electron chi connectivity index (χ2n) is 3.05. The molecule has 0 bridgehead atoms. The minimum atomic E-state index is 0.455. The number of thiophene rings is 1. The maximum Gasteiger partial charge on any atom is 0.253 e. The van der Waals surface area contributed by atoms with Gasteiger partial charge in [-0.05, 0) is 17.9 Å². The lowest BCUT2D eigenvalue weighted by molar-refractivity contribution is 0.118. The molecule has 2 N–H and O–H groups in total. The highest BCUT2D eigenvalue weighted by Crippen LogP contribution is 2.08. The summed E-state index contributed by atoms with van der Waals surface area (Å²) < 4.78 is 4.89. The second-order valence-corrected chi connectivity index (χ2v) is 4.08. The Morgan fingerprint density at radius 3 is 3.19 bits per heavy atom. The fourth-order valence-electron chi connectivity index (χ4n) is 1.17. The van der Waals surface area contributed by atoms with E-state index in [1.165, 1.54) is 16.3 Å². The van der Waals surface area contributed by atoms with Crippen molar-refractivity contribution in [3.05, 3.63) is 22.4 Å². The van der Waals surface area contributed by atoms with Gasteiger partial charge in [-0.2, -0.15) is 11.0 Å². The lowest BCUT2D eigenvalue weighted by Gasteiger charge is -2.20. The van der Waals surface area contributed by atoms with Crippen molar-refractivity contribution in [1.82, 2.24) is 16.2 Å². The molecule has 0 unspecified atom stereocenters. The molecule has 0 spiro atoms. The largest absolute Gasteiger partial charge is 0.479 e. The van der Waals surface area contributed by atoms with Gasteiger partial charge in [0.1, 0.15) is 6.21 Å². The average Bonchev–Trinajstić information content (AvgIpc) is 2.83. The fraction of sp³-hybridized carbons (Fsp3) is 0.333. The quantitative estimate of drug-likeness (QED) is 0.806. The number of methoxy groups -OCH3 is 1. The van der Waals surface area contributed by atoms with Crippen LogP contribution in [0.4, 0.5) is 0 Å². The van der Waals surface area contributed by atoms with E-state index in [-0.39, 0.29) is 0 Å². The molecule has 0 radical (unpaired) electrons. The monoisotopic (exact) mass is 239 g/mol. The average molecular weight is 239 g/mol. The SMILES string of the molecule is COC1=NNN(NCCc2cccs2)N=C1. The number of hydrazone groups is 2. The summed E-state index contributed by atoms with van der Waals surface area (Å²) >= 11 is 1.75. The van der Waals surface area contributed by atoms with Crippen molar-refractivity contribution in [2.75, 3.05) is 13.7 Å². The van der Waals surface area contributed by atoms with E-state index in [1.54, 1.807) is 18.4 Å². The number of hydrogen-bond acceptors (Lipinski definition) is 7. The van der Waals surface area contributed by atoms with Gasteiger partial charge in [0.15, 0.2) is 0 Å². The van der Waals surface area contributed by atoms with Crippen LogP contribution >= 0.6 is 11.3 Å². The van der Waals surface area contributed by atoms with E-state index in [2.05, 4.69) is 32.6 Å². The van der Waals surface area contributed by atoms with Crippen molar-refractivity contribution in [2.24, 2.45) is 10.2 Å². The predicted molar refractivity (Wildman–Crippen MR) is 63.9 cm³/mol. The summed E-state index contributed by atoms with van der Waals surface area (Å²) in [5.74, 6) is 0.455. The van der Waals surface area contributed by atoms with Crippen LogP contribution in [-0.4, -0.2) is 31.0 Å². The van der Waals surface area contributed by atoms with Crippen LogP contribution in [0.5, 0.6) is 0 Å². The third kappa shape index (κ3) is 2.94. The van der Waals surface area contributed by atoms with E-state index in [0.717, 1.165) is 13.0 Å². The van der Waals surface area contributed by atoms with Crippen molar-refractivity contribution in [1.29, 1.82) is 0 Å². The Kier molecular flexibility index (Phi) is 3.73. The van der Waals surface area contributed by atoms with E-state index in [0.29, 0.717) is 5.90 Å². The van der Waals surface area contributed by atoms with Crippen LogP contribution in [0, 0.1) is 0 Å². The van der Waals surface area contributed by atoms with Crippen molar-refractivity contribution >= 4 is 23.4 Å². The van der Waals surface area contributed by atoms with Crippen molar-refractivity contribution in [3.8, 4) is 0 Å². The van der Waals surface area contributed by atoms with Crippen LogP contribution in [0.2, 0.25) is 0 Å². The molecule has 7 heteroatoms. The maximum absolute atomic E-state index is 4.89. The van der Waals surface area contributed by atoms with Crippen molar-refractivity contribution < 1.29 is 4.74 Å². The van der Waals surface area contributed by atoms with Crippen LogP contribution < -0.4 is 11.0 Å². The molecule has 0 atom stereocenters. The van der Waals surface area contributed by atoms with E-state index >= 15 is 0 Å². The highest BCUT2D eigenvalue weighted by atomic mass is 32.1. The molecule has 0 aliphatic carbocycles. The molecule has 1 aliphatic rings. The zero-order valence-electron chi connectivity index (χ0n) is 8.88. The van der Waals surface area contributed by atoms with Gasteiger partial charge in [0.25, 0.3) is 5.90 Å². The minimum absolute atomic E-state index is 0.455. The summed E-state index contributed by atoms with van der Waals surface area (Å²) in [6.45, 7) is 0.794. The van der Waals surface area contributed by atoms with Crippen LogP contribution in [0.15, 0.2) is 27.7 Å². The molecule has 0 aromatic carbocycles. The fourth-order valence-corrected chi connectivity index (χ4v) is 1.88. The first-order valence-electron chi connectivity index (χ1n) is 4.86. The minimum Gasteiger partial charge on any atom is -0.479 e. The zero-order chi connectivity index (χ0) is 11.2. The standard InChI is InChI=1S/C9H13N5OS/c1-15-9-7-11-14(13-12-9)10-5-4-8-3-2-6-16-8/h2-3,6-7,10,13H,4-5H2,1H3. The molecule has 1 aliphatic heterocycles. The molecular weight excluding hydrogens is 226 g/mol. The Balaban J connectivity index is 1.69. The van der Waals surface area contributed by atoms with Gasteiger partial charge in [-0.3, -0.25) is 0 Å². The molecule has 0 saturated carbocycles. The van der Waals surface area contributed by atoms with Gasteiger partial charge in [-0.25, -0.2) is 0 Å². The molecule has 1 aromatic rings. The Labute approximate surface area is 97.5 Å². The van der Waals surface area contributed by atoms with Crippen LogP contribution in [0.3, 0.4) is 0 Å². The topological polar surface area (TPSA) is 61.2 Å². The highest BCUT2D eigenvalue weighted by Gasteiger charge is 2.05. The first kappa shape index (κ1) is 10.9. The summed E-state index contributed by atoms with van der Waals surface area (Å²) in [4.78, 5) is 1.34.